The number of rotatable bonds is 5. The molecule has 1 aliphatic carbocycles. The Bertz CT molecular complexity index is 423. The van der Waals surface area contributed by atoms with E-state index in [1.807, 2.05) is 0 Å². The van der Waals surface area contributed by atoms with Crippen molar-refractivity contribution in [2.75, 3.05) is 19.7 Å². The van der Waals surface area contributed by atoms with Gasteiger partial charge in [0.25, 0.3) is 0 Å². The summed E-state index contributed by atoms with van der Waals surface area (Å²) in [5.41, 5.74) is 0. The van der Waals surface area contributed by atoms with Crippen LogP contribution in [0.1, 0.15) is 19.3 Å². The Kier molecular flexibility index (Phi) is 3.71. The lowest BCUT2D eigenvalue weighted by Gasteiger charge is -2.28. The predicted octanol–water partition coefficient (Wildman–Crippen LogP) is 2.05. The first kappa shape index (κ1) is 12.9. The van der Waals surface area contributed by atoms with Crippen molar-refractivity contribution in [2.45, 2.75) is 31.4 Å². The zero-order valence-corrected chi connectivity index (χ0v) is 11.0. The van der Waals surface area contributed by atoms with Gasteiger partial charge in [-0.25, -0.2) is 4.39 Å². The molecule has 3 rings (SSSR count). The molecule has 0 aromatic heterocycles. The van der Waals surface area contributed by atoms with Crippen molar-refractivity contribution in [3.05, 3.63) is 30.1 Å². The molecule has 2 fully saturated rings. The SMILES string of the molecule is OC(COc1ccc(F)cc1)CN1CC2CCC1C2. The van der Waals surface area contributed by atoms with Crippen LogP contribution in [-0.2, 0) is 0 Å². The Morgan fingerprint density at radius 2 is 2.11 bits per heavy atom. The van der Waals surface area contributed by atoms with Crippen LogP contribution in [0.3, 0.4) is 0 Å². The molecule has 3 unspecified atom stereocenters. The summed E-state index contributed by atoms with van der Waals surface area (Å²) in [6, 6.07) is 6.56. The highest BCUT2D eigenvalue weighted by Gasteiger charge is 2.38. The van der Waals surface area contributed by atoms with Gasteiger partial charge in [0.15, 0.2) is 0 Å². The van der Waals surface area contributed by atoms with Gasteiger partial charge in [0.05, 0.1) is 0 Å². The van der Waals surface area contributed by atoms with E-state index in [1.54, 1.807) is 12.1 Å². The molecule has 1 aromatic carbocycles. The topological polar surface area (TPSA) is 32.7 Å². The molecule has 2 bridgehead atoms. The van der Waals surface area contributed by atoms with Crippen molar-refractivity contribution < 1.29 is 14.2 Å². The van der Waals surface area contributed by atoms with E-state index < -0.39 is 6.10 Å². The van der Waals surface area contributed by atoms with E-state index in [2.05, 4.69) is 4.90 Å². The maximum atomic E-state index is 12.7. The average molecular weight is 265 g/mol. The minimum Gasteiger partial charge on any atom is -0.491 e. The largest absolute Gasteiger partial charge is 0.491 e. The molecule has 1 heterocycles. The van der Waals surface area contributed by atoms with E-state index in [9.17, 15) is 9.50 Å². The number of likely N-dealkylation sites (tertiary alicyclic amines) is 1. The second kappa shape index (κ2) is 5.47. The van der Waals surface area contributed by atoms with E-state index in [-0.39, 0.29) is 12.4 Å². The van der Waals surface area contributed by atoms with E-state index >= 15 is 0 Å². The maximum Gasteiger partial charge on any atom is 0.123 e. The van der Waals surface area contributed by atoms with Gasteiger partial charge in [-0.15, -0.1) is 0 Å². The summed E-state index contributed by atoms with van der Waals surface area (Å²) in [5, 5.41) is 10.0. The number of piperidine rings is 1. The number of nitrogens with zero attached hydrogens (tertiary/aromatic N) is 1. The van der Waals surface area contributed by atoms with Crippen molar-refractivity contribution in [1.29, 1.82) is 0 Å². The number of hydrogen-bond acceptors (Lipinski definition) is 3. The first-order valence-electron chi connectivity index (χ1n) is 7.01. The van der Waals surface area contributed by atoms with Crippen molar-refractivity contribution >= 4 is 0 Å². The fourth-order valence-corrected chi connectivity index (χ4v) is 3.30. The third-order valence-electron chi connectivity index (χ3n) is 4.22. The second-order valence-corrected chi connectivity index (χ2v) is 5.71. The number of β-amino-alcohol motifs (C(OH)–C–C–N with tert-alkyl or cyclic N) is 1. The van der Waals surface area contributed by atoms with Gasteiger partial charge in [0.1, 0.15) is 24.3 Å². The number of fused-ring (bicyclic) bond motifs is 2. The van der Waals surface area contributed by atoms with Crippen LogP contribution < -0.4 is 4.74 Å². The zero-order chi connectivity index (χ0) is 13.2. The Morgan fingerprint density at radius 1 is 1.32 bits per heavy atom. The first-order chi connectivity index (χ1) is 9.20. The summed E-state index contributed by atoms with van der Waals surface area (Å²) in [6.07, 6.45) is 3.44. The Labute approximate surface area is 113 Å². The van der Waals surface area contributed by atoms with Gasteiger partial charge >= 0.3 is 0 Å². The van der Waals surface area contributed by atoms with Gasteiger partial charge in [-0.3, -0.25) is 4.90 Å². The molecule has 1 saturated heterocycles. The molecule has 2 aliphatic rings. The molecule has 4 heteroatoms. The summed E-state index contributed by atoms with van der Waals surface area (Å²) in [6.45, 7) is 2.07. The predicted molar refractivity (Wildman–Crippen MR) is 70.6 cm³/mol. The molecule has 1 N–H and O–H groups in total. The highest BCUT2D eigenvalue weighted by Crippen LogP contribution is 2.37. The number of benzene rings is 1. The number of aliphatic hydroxyl groups excluding tert-OH is 1. The maximum absolute atomic E-state index is 12.7. The third kappa shape index (κ3) is 3.07. The molecule has 0 amide bonds. The summed E-state index contributed by atoms with van der Waals surface area (Å²) in [4.78, 5) is 2.38. The summed E-state index contributed by atoms with van der Waals surface area (Å²) >= 11 is 0. The van der Waals surface area contributed by atoms with Gasteiger partial charge < -0.3 is 9.84 Å². The normalized spacial score (nSPS) is 27.7. The molecule has 1 saturated carbocycles. The Hall–Kier alpha value is -1.13. The van der Waals surface area contributed by atoms with E-state index in [0.29, 0.717) is 18.3 Å². The standard InChI is InChI=1S/C15H20FNO2/c16-12-2-5-15(6-3-12)19-10-14(18)9-17-8-11-1-4-13(17)7-11/h2-3,5-6,11,13-14,18H,1,4,7-10H2. The third-order valence-corrected chi connectivity index (χ3v) is 4.22. The first-order valence-corrected chi connectivity index (χ1v) is 7.01. The molecule has 1 aromatic rings. The van der Waals surface area contributed by atoms with Gasteiger partial charge in [0, 0.05) is 19.1 Å². The zero-order valence-electron chi connectivity index (χ0n) is 11.0. The summed E-state index contributed by atoms with van der Waals surface area (Å²) < 4.78 is 18.2. The fourth-order valence-electron chi connectivity index (χ4n) is 3.30. The van der Waals surface area contributed by atoms with Gasteiger partial charge in [0.2, 0.25) is 0 Å². The lowest BCUT2D eigenvalue weighted by atomic mass is 10.1. The van der Waals surface area contributed by atoms with Crippen molar-refractivity contribution in [3.8, 4) is 5.75 Å². The minimum atomic E-state index is -0.482. The highest BCUT2D eigenvalue weighted by atomic mass is 19.1. The molecule has 0 radical (unpaired) electrons. The summed E-state index contributed by atoms with van der Waals surface area (Å²) in [7, 11) is 0. The molecular weight excluding hydrogens is 245 g/mol. The Balaban J connectivity index is 1.44. The number of aliphatic hydroxyl groups is 1. The van der Waals surface area contributed by atoms with E-state index in [4.69, 9.17) is 4.74 Å². The molecule has 104 valence electrons. The van der Waals surface area contributed by atoms with Crippen molar-refractivity contribution in [1.82, 2.24) is 4.90 Å². The molecule has 3 nitrogen and oxygen atoms in total. The van der Waals surface area contributed by atoms with Crippen LogP contribution in [0.15, 0.2) is 24.3 Å². The highest BCUT2D eigenvalue weighted by molar-refractivity contribution is 5.22. The van der Waals surface area contributed by atoms with E-state index in [1.165, 1.54) is 31.4 Å². The number of halogens is 1. The molecule has 1 aliphatic heterocycles. The number of ether oxygens (including phenoxy) is 1. The minimum absolute atomic E-state index is 0.263. The van der Waals surface area contributed by atoms with Crippen LogP contribution >= 0.6 is 0 Å². The van der Waals surface area contributed by atoms with E-state index in [0.717, 1.165) is 12.5 Å². The van der Waals surface area contributed by atoms with Gasteiger partial charge in [-0.1, -0.05) is 0 Å². The van der Waals surface area contributed by atoms with Crippen LogP contribution in [0, 0.1) is 11.7 Å². The van der Waals surface area contributed by atoms with Crippen LogP contribution in [0.2, 0.25) is 0 Å². The molecule has 3 atom stereocenters. The lowest BCUT2D eigenvalue weighted by molar-refractivity contribution is 0.0573. The quantitative estimate of drug-likeness (QED) is 0.884. The monoisotopic (exact) mass is 265 g/mol. The molecule has 0 spiro atoms. The summed E-state index contributed by atoms with van der Waals surface area (Å²) in [5.74, 6) is 1.17. The lowest BCUT2D eigenvalue weighted by Crippen LogP contribution is -2.40. The van der Waals surface area contributed by atoms with Crippen molar-refractivity contribution in [2.24, 2.45) is 5.92 Å². The molecule has 19 heavy (non-hydrogen) atoms. The number of hydrogen-bond donors (Lipinski definition) is 1. The van der Waals surface area contributed by atoms with Crippen LogP contribution in [0.5, 0.6) is 5.75 Å². The Morgan fingerprint density at radius 3 is 2.74 bits per heavy atom. The van der Waals surface area contributed by atoms with Crippen LogP contribution in [0.25, 0.3) is 0 Å². The van der Waals surface area contributed by atoms with Gasteiger partial charge in [-0.05, 0) is 49.4 Å². The second-order valence-electron chi connectivity index (χ2n) is 5.71. The van der Waals surface area contributed by atoms with Crippen LogP contribution in [-0.4, -0.2) is 41.8 Å². The average Bonchev–Trinajstić information content (AvgIpc) is 3.00. The van der Waals surface area contributed by atoms with Crippen LogP contribution in [0.4, 0.5) is 4.39 Å². The molecular formula is C15H20FNO2. The van der Waals surface area contributed by atoms with Gasteiger partial charge in [-0.2, -0.15) is 0 Å². The smallest absolute Gasteiger partial charge is 0.123 e. The van der Waals surface area contributed by atoms with Crippen molar-refractivity contribution in [3.63, 3.8) is 0 Å². The fraction of sp³-hybridized carbons (Fsp3) is 0.600.